The van der Waals surface area contributed by atoms with Gasteiger partial charge >= 0.3 is 0 Å². The van der Waals surface area contributed by atoms with E-state index in [-0.39, 0.29) is 0 Å². The molecular formula is C26H42S2. The summed E-state index contributed by atoms with van der Waals surface area (Å²) in [6, 6.07) is 0. The van der Waals surface area contributed by atoms with E-state index >= 15 is 0 Å². The quantitative estimate of drug-likeness (QED) is 0.362. The molecule has 0 N–H and O–H groups in total. The van der Waals surface area contributed by atoms with E-state index in [0.717, 1.165) is 17.1 Å². The van der Waals surface area contributed by atoms with Crippen molar-refractivity contribution in [3.63, 3.8) is 0 Å². The number of thioether (sulfide) groups is 2. The summed E-state index contributed by atoms with van der Waals surface area (Å²) in [4.78, 5) is 0. The number of hydrogen-bond acceptors (Lipinski definition) is 2. The van der Waals surface area contributed by atoms with Gasteiger partial charge in [-0.05, 0) is 101 Å². The highest BCUT2D eigenvalue weighted by molar-refractivity contribution is 8.00. The first kappa shape index (κ1) is 22.6. The number of fused-ring (bicyclic) bond motifs is 1. The zero-order valence-corrected chi connectivity index (χ0v) is 20.2. The number of unbranched alkanes of at least 4 members (excludes halogenated alkanes) is 1. The van der Waals surface area contributed by atoms with Gasteiger partial charge in [-0.15, -0.1) is 0 Å². The molecule has 158 valence electrons. The molecule has 2 unspecified atom stereocenters. The SMILES string of the molecule is C=C1CCCC/C1=C/C=C1\CCC[C@@]2(SC)C1CC[C@@H]2CCCCC(C)SC. The molecule has 0 aliphatic heterocycles. The molecule has 0 spiro atoms. The van der Waals surface area contributed by atoms with E-state index in [1.54, 1.807) is 5.57 Å². The van der Waals surface area contributed by atoms with Crippen molar-refractivity contribution >= 4 is 23.5 Å². The fourth-order valence-corrected chi connectivity index (χ4v) is 7.97. The second-order valence-corrected chi connectivity index (χ2v) is 11.9. The van der Waals surface area contributed by atoms with Crippen LogP contribution >= 0.6 is 23.5 Å². The monoisotopic (exact) mass is 418 g/mol. The van der Waals surface area contributed by atoms with Crippen molar-refractivity contribution in [3.05, 3.63) is 35.5 Å². The Hall–Kier alpha value is -0.0800. The Morgan fingerprint density at radius 3 is 2.64 bits per heavy atom. The molecule has 0 saturated heterocycles. The van der Waals surface area contributed by atoms with Crippen LogP contribution in [-0.2, 0) is 0 Å². The molecule has 0 bridgehead atoms. The molecule has 28 heavy (non-hydrogen) atoms. The van der Waals surface area contributed by atoms with Crippen LogP contribution < -0.4 is 0 Å². The van der Waals surface area contributed by atoms with Crippen LogP contribution in [0.3, 0.4) is 0 Å². The second kappa shape index (κ2) is 10.8. The van der Waals surface area contributed by atoms with Crippen LogP contribution in [0.4, 0.5) is 0 Å². The summed E-state index contributed by atoms with van der Waals surface area (Å²) >= 11 is 4.25. The third-order valence-electron chi connectivity index (χ3n) is 7.89. The number of rotatable bonds is 8. The van der Waals surface area contributed by atoms with Gasteiger partial charge in [-0.1, -0.05) is 49.6 Å². The van der Waals surface area contributed by atoms with Gasteiger partial charge in [0.05, 0.1) is 0 Å². The Kier molecular flexibility index (Phi) is 8.72. The average molecular weight is 419 g/mol. The lowest BCUT2D eigenvalue weighted by atomic mass is 9.72. The molecule has 0 amide bonds. The lowest BCUT2D eigenvalue weighted by Gasteiger charge is -2.44. The van der Waals surface area contributed by atoms with Crippen molar-refractivity contribution < 1.29 is 0 Å². The van der Waals surface area contributed by atoms with Crippen molar-refractivity contribution in [2.45, 2.75) is 100 Å². The maximum Gasteiger partial charge on any atom is 0.0250 e. The Morgan fingerprint density at radius 1 is 1.07 bits per heavy atom. The van der Waals surface area contributed by atoms with Crippen molar-refractivity contribution in [2.75, 3.05) is 12.5 Å². The molecule has 0 aromatic heterocycles. The minimum absolute atomic E-state index is 0.539. The largest absolute Gasteiger partial charge is 0.162 e. The van der Waals surface area contributed by atoms with Crippen molar-refractivity contribution in [3.8, 4) is 0 Å². The molecule has 3 aliphatic carbocycles. The normalized spacial score (nSPS) is 34.8. The topological polar surface area (TPSA) is 0 Å². The lowest BCUT2D eigenvalue weighted by Crippen LogP contribution is -2.39. The van der Waals surface area contributed by atoms with Gasteiger partial charge in [-0.2, -0.15) is 23.5 Å². The third-order valence-corrected chi connectivity index (χ3v) is 10.5. The maximum absolute atomic E-state index is 4.32. The van der Waals surface area contributed by atoms with Gasteiger partial charge < -0.3 is 0 Å². The van der Waals surface area contributed by atoms with Crippen molar-refractivity contribution in [2.24, 2.45) is 11.8 Å². The van der Waals surface area contributed by atoms with Gasteiger partial charge in [0.25, 0.3) is 0 Å². The number of hydrogen-bond donors (Lipinski definition) is 0. The lowest BCUT2D eigenvalue weighted by molar-refractivity contribution is 0.303. The van der Waals surface area contributed by atoms with Crippen LogP contribution in [0.15, 0.2) is 35.5 Å². The van der Waals surface area contributed by atoms with E-state index < -0.39 is 0 Å². The molecule has 3 rings (SSSR count). The molecule has 0 aromatic carbocycles. The van der Waals surface area contributed by atoms with Crippen molar-refractivity contribution in [1.82, 2.24) is 0 Å². The van der Waals surface area contributed by atoms with Crippen LogP contribution in [0.25, 0.3) is 0 Å². The summed E-state index contributed by atoms with van der Waals surface area (Å²) in [5, 5.41) is 0.831. The van der Waals surface area contributed by atoms with Crippen molar-refractivity contribution in [1.29, 1.82) is 0 Å². The molecule has 0 nitrogen and oxygen atoms in total. The van der Waals surface area contributed by atoms with Gasteiger partial charge in [-0.25, -0.2) is 0 Å². The fraction of sp³-hybridized carbons (Fsp3) is 0.769. The average Bonchev–Trinajstić information content (AvgIpc) is 3.10. The molecule has 0 aromatic rings. The summed E-state index contributed by atoms with van der Waals surface area (Å²) in [6.07, 6.45) is 27.6. The summed E-state index contributed by atoms with van der Waals surface area (Å²) in [5.41, 5.74) is 4.71. The zero-order valence-electron chi connectivity index (χ0n) is 18.6. The number of allylic oxidation sites excluding steroid dienone is 5. The second-order valence-electron chi connectivity index (χ2n) is 9.41. The highest BCUT2D eigenvalue weighted by Gasteiger charge is 2.51. The predicted octanol–water partition coefficient (Wildman–Crippen LogP) is 8.59. The summed E-state index contributed by atoms with van der Waals surface area (Å²) in [6.45, 7) is 6.71. The Bertz CT molecular complexity index is 587. The zero-order chi connectivity index (χ0) is 20.0. The van der Waals surface area contributed by atoms with E-state index in [2.05, 4.69) is 49.9 Å². The van der Waals surface area contributed by atoms with Crippen LogP contribution in [0.1, 0.15) is 90.4 Å². The highest BCUT2D eigenvalue weighted by Crippen LogP contribution is 2.59. The first-order valence-electron chi connectivity index (χ1n) is 11.8. The summed E-state index contributed by atoms with van der Waals surface area (Å²) < 4.78 is 0.539. The van der Waals surface area contributed by atoms with E-state index in [4.69, 9.17) is 0 Å². The molecule has 3 aliphatic rings. The first-order chi connectivity index (χ1) is 13.6. The van der Waals surface area contributed by atoms with Crippen LogP contribution in [0.5, 0.6) is 0 Å². The van der Waals surface area contributed by atoms with Gasteiger partial charge in [-0.3, -0.25) is 0 Å². The molecule has 2 heteroatoms. The third kappa shape index (κ3) is 5.15. The standard InChI is InChI=1S/C26H42S2/c1-20-10-5-7-12-22(20)15-16-23-13-9-19-26(28-4)24(17-18-25(23)26)14-8-6-11-21(2)27-3/h15-16,21,24-25H,1,5-14,17-19H2,2-4H3/b22-15-,23-16+/t21?,24-,25?,26-/m0/s1. The predicted molar refractivity (Wildman–Crippen MR) is 132 cm³/mol. The summed E-state index contributed by atoms with van der Waals surface area (Å²) in [7, 11) is 0. The van der Waals surface area contributed by atoms with Crippen LogP contribution in [0.2, 0.25) is 0 Å². The maximum atomic E-state index is 4.32. The van der Waals surface area contributed by atoms with Gasteiger partial charge in [0.2, 0.25) is 0 Å². The molecule has 0 heterocycles. The van der Waals surface area contributed by atoms with Crippen LogP contribution in [-0.4, -0.2) is 22.5 Å². The molecular weight excluding hydrogens is 376 g/mol. The van der Waals surface area contributed by atoms with Gasteiger partial charge in [0, 0.05) is 10.00 Å². The van der Waals surface area contributed by atoms with E-state index in [1.165, 1.54) is 94.6 Å². The minimum Gasteiger partial charge on any atom is -0.162 e. The minimum atomic E-state index is 0.539. The molecule has 0 radical (unpaired) electrons. The fourth-order valence-electron chi connectivity index (χ4n) is 6.10. The molecule has 4 atom stereocenters. The molecule has 3 saturated carbocycles. The Balaban J connectivity index is 1.65. The first-order valence-corrected chi connectivity index (χ1v) is 14.3. The van der Waals surface area contributed by atoms with Gasteiger partial charge in [0.15, 0.2) is 0 Å². The molecule has 3 fully saturated rings. The summed E-state index contributed by atoms with van der Waals surface area (Å²) in [5.74, 6) is 1.78. The van der Waals surface area contributed by atoms with E-state index in [1.807, 2.05) is 11.8 Å². The highest BCUT2D eigenvalue weighted by atomic mass is 32.2. The van der Waals surface area contributed by atoms with E-state index in [9.17, 15) is 0 Å². The van der Waals surface area contributed by atoms with Gasteiger partial charge in [0.1, 0.15) is 0 Å². The Morgan fingerprint density at radius 2 is 1.89 bits per heavy atom. The smallest absolute Gasteiger partial charge is 0.0250 e. The van der Waals surface area contributed by atoms with Crippen LogP contribution in [0, 0.1) is 11.8 Å². The Labute approximate surface area is 183 Å². The van der Waals surface area contributed by atoms with E-state index in [0.29, 0.717) is 4.75 Å².